The molecule has 0 radical (unpaired) electrons. The number of methoxy groups -OCH3 is 1. The first-order valence-electron chi connectivity index (χ1n) is 12.0. The molecule has 1 spiro atoms. The Labute approximate surface area is 214 Å². The van der Waals surface area contributed by atoms with Crippen molar-refractivity contribution in [3.63, 3.8) is 0 Å². The monoisotopic (exact) mass is 528 g/mol. The largest absolute Gasteiger partial charge is 0.495 e. The van der Waals surface area contributed by atoms with E-state index in [4.69, 9.17) is 9.47 Å². The van der Waals surface area contributed by atoms with Crippen LogP contribution in [0.4, 0.5) is 10.5 Å². The number of imide groups is 1. The summed E-state index contributed by atoms with van der Waals surface area (Å²) in [7, 11) is -2.42. The lowest BCUT2D eigenvalue weighted by Crippen LogP contribution is -2.47. The van der Waals surface area contributed by atoms with E-state index in [9.17, 15) is 22.8 Å². The standard InChI is InChI=1S/C25H28N4O7S/c1-35-21-9-8-18(37(33,34)28-11-13-36-14-12-28)15-20(21)26-22(30)16-29-23(31)25(27-24(29)32)10-4-6-17-5-2-3-7-19(17)25/h2-3,5,7-9,15H,4,6,10-14,16H2,1H3,(H,26,30)(H,27,32)/t25-/m0/s1. The summed E-state index contributed by atoms with van der Waals surface area (Å²) in [6, 6.07) is 11.0. The minimum absolute atomic E-state index is 0.0155. The van der Waals surface area contributed by atoms with Crippen LogP contribution < -0.4 is 15.4 Å². The van der Waals surface area contributed by atoms with E-state index in [0.29, 0.717) is 19.6 Å². The number of carbonyl (C=O) groups is 3. The third-order valence-electron chi connectivity index (χ3n) is 7.01. The first kappa shape index (κ1) is 25.2. The van der Waals surface area contributed by atoms with E-state index < -0.39 is 40.0 Å². The molecule has 2 aromatic carbocycles. The van der Waals surface area contributed by atoms with Gasteiger partial charge in [-0.2, -0.15) is 4.31 Å². The summed E-state index contributed by atoms with van der Waals surface area (Å²) in [4.78, 5) is 40.2. The normalized spacial score (nSPS) is 22.0. The topological polar surface area (TPSA) is 134 Å². The maximum Gasteiger partial charge on any atom is 0.325 e. The Hall–Kier alpha value is -3.48. The van der Waals surface area contributed by atoms with Crippen molar-refractivity contribution in [1.29, 1.82) is 0 Å². The molecule has 2 heterocycles. The summed E-state index contributed by atoms with van der Waals surface area (Å²) in [5.41, 5.74) is 0.685. The molecule has 3 aliphatic rings. The van der Waals surface area contributed by atoms with Crippen LogP contribution in [0.1, 0.15) is 24.0 Å². The van der Waals surface area contributed by atoms with Crippen LogP contribution in [-0.4, -0.2) is 75.4 Å². The van der Waals surface area contributed by atoms with E-state index in [1.54, 1.807) is 0 Å². The highest BCUT2D eigenvalue weighted by Crippen LogP contribution is 2.40. The number of benzene rings is 2. The molecular formula is C25H28N4O7S. The van der Waals surface area contributed by atoms with Crippen LogP contribution in [0.2, 0.25) is 0 Å². The molecule has 0 aromatic heterocycles. The zero-order valence-corrected chi connectivity index (χ0v) is 21.2. The summed E-state index contributed by atoms with van der Waals surface area (Å²) >= 11 is 0. The number of rotatable bonds is 6. The Morgan fingerprint density at radius 3 is 2.68 bits per heavy atom. The summed E-state index contributed by atoms with van der Waals surface area (Å²) in [6.07, 6.45) is 1.98. The number of carbonyl (C=O) groups excluding carboxylic acids is 3. The molecule has 37 heavy (non-hydrogen) atoms. The first-order chi connectivity index (χ1) is 17.8. The number of urea groups is 1. The van der Waals surface area contributed by atoms with Crippen LogP contribution in [-0.2, 0) is 36.3 Å². The summed E-state index contributed by atoms with van der Waals surface area (Å²) in [6.45, 7) is 0.534. The van der Waals surface area contributed by atoms with Gasteiger partial charge in [-0.05, 0) is 48.6 Å². The van der Waals surface area contributed by atoms with Gasteiger partial charge in [0.1, 0.15) is 17.8 Å². The zero-order valence-electron chi connectivity index (χ0n) is 20.4. The Bertz CT molecular complexity index is 1360. The van der Waals surface area contributed by atoms with Crippen molar-refractivity contribution in [2.75, 3.05) is 45.3 Å². The van der Waals surface area contributed by atoms with Crippen LogP contribution in [0.25, 0.3) is 0 Å². The second-order valence-corrected chi connectivity index (χ2v) is 11.1. The minimum Gasteiger partial charge on any atom is -0.495 e. The fourth-order valence-electron chi connectivity index (χ4n) is 5.17. The second kappa shape index (κ2) is 9.77. The molecule has 1 atom stereocenters. The number of nitrogens with one attached hydrogen (secondary N) is 2. The van der Waals surface area contributed by atoms with Gasteiger partial charge >= 0.3 is 6.03 Å². The molecule has 4 amide bonds. The number of hydrogen-bond acceptors (Lipinski definition) is 7. The van der Waals surface area contributed by atoms with Crippen LogP contribution >= 0.6 is 0 Å². The molecule has 12 heteroatoms. The van der Waals surface area contributed by atoms with Crippen LogP contribution in [0.3, 0.4) is 0 Å². The lowest BCUT2D eigenvalue weighted by Gasteiger charge is -2.33. The number of fused-ring (bicyclic) bond motifs is 2. The van der Waals surface area contributed by atoms with Gasteiger partial charge in [0.25, 0.3) is 5.91 Å². The van der Waals surface area contributed by atoms with Gasteiger partial charge in [0.2, 0.25) is 15.9 Å². The van der Waals surface area contributed by atoms with Crippen molar-refractivity contribution in [1.82, 2.24) is 14.5 Å². The summed E-state index contributed by atoms with van der Waals surface area (Å²) in [5, 5.41) is 5.43. The SMILES string of the molecule is COc1ccc(S(=O)(=O)N2CCOCC2)cc1NC(=O)CN1C(=O)N[C@]2(CCCc3ccccc32)C1=O. The Morgan fingerprint density at radius 1 is 1.16 bits per heavy atom. The Balaban J connectivity index is 1.35. The highest BCUT2D eigenvalue weighted by atomic mass is 32.2. The van der Waals surface area contributed by atoms with Gasteiger partial charge in [-0.3, -0.25) is 14.5 Å². The molecule has 2 aromatic rings. The average Bonchev–Trinajstić information content (AvgIpc) is 3.13. The van der Waals surface area contributed by atoms with Gasteiger partial charge < -0.3 is 20.1 Å². The van der Waals surface area contributed by atoms with Crippen molar-refractivity contribution in [3.05, 3.63) is 53.6 Å². The molecule has 0 saturated carbocycles. The number of morpholine rings is 1. The molecule has 0 bridgehead atoms. The molecule has 2 fully saturated rings. The molecular weight excluding hydrogens is 500 g/mol. The van der Waals surface area contributed by atoms with E-state index in [1.807, 2.05) is 24.3 Å². The minimum atomic E-state index is -3.81. The van der Waals surface area contributed by atoms with Gasteiger partial charge in [-0.25, -0.2) is 13.2 Å². The number of sulfonamides is 1. The van der Waals surface area contributed by atoms with Gasteiger partial charge in [0.15, 0.2) is 0 Å². The molecule has 1 aliphatic carbocycles. The average molecular weight is 529 g/mol. The van der Waals surface area contributed by atoms with Crippen molar-refractivity contribution in [2.24, 2.45) is 0 Å². The van der Waals surface area contributed by atoms with Crippen molar-refractivity contribution < 1.29 is 32.3 Å². The number of aryl methyl sites for hydroxylation is 1. The van der Waals surface area contributed by atoms with E-state index in [0.717, 1.165) is 28.9 Å². The number of amides is 4. The van der Waals surface area contributed by atoms with Crippen LogP contribution in [0.15, 0.2) is 47.4 Å². The lowest BCUT2D eigenvalue weighted by molar-refractivity contribution is -0.134. The molecule has 2 aliphatic heterocycles. The Kier molecular flexibility index (Phi) is 6.65. The zero-order chi connectivity index (χ0) is 26.2. The molecule has 5 rings (SSSR count). The van der Waals surface area contributed by atoms with Gasteiger partial charge in [-0.1, -0.05) is 24.3 Å². The number of anilines is 1. The molecule has 2 N–H and O–H groups in total. The predicted octanol–water partition coefficient (Wildman–Crippen LogP) is 1.44. The van der Waals surface area contributed by atoms with Crippen molar-refractivity contribution in [3.8, 4) is 5.75 Å². The summed E-state index contributed by atoms with van der Waals surface area (Å²) < 4.78 is 38.0. The van der Waals surface area contributed by atoms with Gasteiger partial charge in [0, 0.05) is 13.1 Å². The fourth-order valence-corrected chi connectivity index (χ4v) is 6.60. The number of ether oxygens (including phenoxy) is 2. The van der Waals surface area contributed by atoms with E-state index in [2.05, 4.69) is 10.6 Å². The van der Waals surface area contributed by atoms with Crippen LogP contribution in [0.5, 0.6) is 5.75 Å². The first-order valence-corrected chi connectivity index (χ1v) is 13.5. The van der Waals surface area contributed by atoms with Crippen LogP contribution in [0, 0.1) is 0 Å². The van der Waals surface area contributed by atoms with Crippen molar-refractivity contribution in [2.45, 2.75) is 29.7 Å². The quantitative estimate of drug-likeness (QED) is 0.542. The van der Waals surface area contributed by atoms with E-state index in [1.165, 1.54) is 29.6 Å². The lowest BCUT2D eigenvalue weighted by atomic mass is 9.76. The number of hydrogen-bond donors (Lipinski definition) is 2. The third kappa shape index (κ3) is 4.45. The molecule has 11 nitrogen and oxygen atoms in total. The summed E-state index contributed by atoms with van der Waals surface area (Å²) in [5.74, 6) is -0.900. The highest BCUT2D eigenvalue weighted by molar-refractivity contribution is 7.89. The van der Waals surface area contributed by atoms with Gasteiger partial charge in [-0.15, -0.1) is 0 Å². The van der Waals surface area contributed by atoms with E-state index in [-0.39, 0.29) is 29.4 Å². The Morgan fingerprint density at radius 2 is 1.92 bits per heavy atom. The highest BCUT2D eigenvalue weighted by Gasteiger charge is 2.54. The molecule has 196 valence electrons. The van der Waals surface area contributed by atoms with Gasteiger partial charge in [0.05, 0.1) is 30.9 Å². The predicted molar refractivity (Wildman–Crippen MR) is 133 cm³/mol. The van der Waals surface area contributed by atoms with E-state index >= 15 is 0 Å². The smallest absolute Gasteiger partial charge is 0.325 e. The maximum atomic E-state index is 13.5. The fraction of sp³-hybridized carbons (Fsp3) is 0.400. The maximum absolute atomic E-state index is 13.5. The van der Waals surface area contributed by atoms with Crippen molar-refractivity contribution >= 4 is 33.6 Å². The molecule has 0 unspecified atom stereocenters. The second-order valence-electron chi connectivity index (χ2n) is 9.16. The number of nitrogens with zero attached hydrogens (tertiary/aromatic N) is 2. The third-order valence-corrected chi connectivity index (χ3v) is 8.90. The molecule has 2 saturated heterocycles.